The third kappa shape index (κ3) is 7.30. The van der Waals surface area contributed by atoms with Gasteiger partial charge in [-0.3, -0.25) is 0 Å². The zero-order chi connectivity index (χ0) is 22.1. The second kappa shape index (κ2) is 12.2. The van der Waals surface area contributed by atoms with Gasteiger partial charge in [0.25, 0.3) is 0 Å². The summed E-state index contributed by atoms with van der Waals surface area (Å²) in [6.07, 6.45) is 4.59. The molecule has 1 saturated carbocycles. The van der Waals surface area contributed by atoms with Crippen molar-refractivity contribution in [3.05, 3.63) is 65.2 Å². The molecule has 1 fully saturated rings. The van der Waals surface area contributed by atoms with Gasteiger partial charge in [-0.2, -0.15) is 0 Å². The van der Waals surface area contributed by atoms with E-state index in [1.54, 1.807) is 12.1 Å². The Morgan fingerprint density at radius 2 is 1.58 bits per heavy atom. The highest BCUT2D eigenvalue weighted by atomic mass is 16.3. The Labute approximate surface area is 185 Å². The lowest BCUT2D eigenvalue weighted by Crippen LogP contribution is -2.36. The predicted octanol–water partition coefficient (Wildman–Crippen LogP) is 2.78. The molecule has 0 radical (unpaired) electrons. The maximum absolute atomic E-state index is 10.3. The molecule has 31 heavy (non-hydrogen) atoms. The number of hydrogen-bond donors (Lipinski definition) is 6. The summed E-state index contributed by atoms with van der Waals surface area (Å²) in [5.41, 5.74) is 2.08. The van der Waals surface area contributed by atoms with E-state index in [2.05, 4.69) is 10.6 Å². The number of aliphatic hydroxyl groups excluding tert-OH is 3. The molecule has 0 aromatic heterocycles. The number of benzene rings is 2. The largest absolute Gasteiger partial charge is 0.508 e. The Kier molecular flexibility index (Phi) is 9.31. The van der Waals surface area contributed by atoms with Crippen LogP contribution in [0.1, 0.15) is 61.0 Å². The van der Waals surface area contributed by atoms with Crippen LogP contribution >= 0.6 is 0 Å². The Bertz CT molecular complexity index is 778. The first-order chi connectivity index (χ1) is 15.1. The summed E-state index contributed by atoms with van der Waals surface area (Å²) in [5.74, 6) is 0.738. The van der Waals surface area contributed by atoms with Gasteiger partial charge in [-0.1, -0.05) is 36.4 Å². The molecule has 0 amide bonds. The maximum Gasteiger partial charge on any atom is 0.121 e. The summed E-state index contributed by atoms with van der Waals surface area (Å²) in [6, 6.07) is 15.1. The van der Waals surface area contributed by atoms with Gasteiger partial charge in [-0.05, 0) is 67.8 Å². The van der Waals surface area contributed by atoms with Crippen molar-refractivity contribution in [3.63, 3.8) is 0 Å². The molecule has 6 heteroatoms. The fourth-order valence-electron chi connectivity index (χ4n) is 4.33. The molecular formula is C25H36N2O4. The smallest absolute Gasteiger partial charge is 0.121 e. The van der Waals surface area contributed by atoms with E-state index in [1.165, 1.54) is 18.9 Å². The van der Waals surface area contributed by atoms with Crippen LogP contribution in [0.4, 0.5) is 0 Å². The van der Waals surface area contributed by atoms with Crippen molar-refractivity contribution in [2.45, 2.75) is 57.0 Å². The number of phenols is 1. The zero-order valence-corrected chi connectivity index (χ0v) is 18.1. The first-order valence-electron chi connectivity index (χ1n) is 11.3. The molecule has 6 nitrogen and oxygen atoms in total. The van der Waals surface area contributed by atoms with Gasteiger partial charge in [-0.15, -0.1) is 0 Å². The average molecular weight is 429 g/mol. The predicted molar refractivity (Wildman–Crippen MR) is 122 cm³/mol. The molecular weight excluding hydrogens is 392 g/mol. The number of aliphatic hydroxyl groups is 3. The highest BCUT2D eigenvalue weighted by Crippen LogP contribution is 2.27. The molecule has 0 bridgehead atoms. The Morgan fingerprint density at radius 1 is 0.871 bits per heavy atom. The average Bonchev–Trinajstić information content (AvgIpc) is 2.81. The third-order valence-electron chi connectivity index (χ3n) is 6.36. The quantitative estimate of drug-likeness (QED) is 0.308. The lowest BCUT2D eigenvalue weighted by molar-refractivity contribution is 0.160. The van der Waals surface area contributed by atoms with Gasteiger partial charge in [-0.25, -0.2) is 0 Å². The molecule has 0 aliphatic heterocycles. The molecule has 0 spiro atoms. The van der Waals surface area contributed by atoms with E-state index in [-0.39, 0.29) is 12.4 Å². The van der Waals surface area contributed by atoms with Crippen LogP contribution in [0, 0.1) is 5.92 Å². The topological polar surface area (TPSA) is 105 Å². The fourth-order valence-corrected chi connectivity index (χ4v) is 4.33. The fraction of sp³-hybridized carbons (Fsp3) is 0.520. The number of hydrogen-bond acceptors (Lipinski definition) is 6. The van der Waals surface area contributed by atoms with Crippen LogP contribution in [0.3, 0.4) is 0 Å². The summed E-state index contributed by atoms with van der Waals surface area (Å²) in [4.78, 5) is 0. The van der Waals surface area contributed by atoms with E-state index >= 15 is 0 Å². The van der Waals surface area contributed by atoms with Gasteiger partial charge in [0.2, 0.25) is 0 Å². The first-order valence-corrected chi connectivity index (χ1v) is 11.3. The van der Waals surface area contributed by atoms with Crippen molar-refractivity contribution >= 4 is 0 Å². The van der Waals surface area contributed by atoms with Crippen LogP contribution in [-0.4, -0.2) is 46.1 Å². The van der Waals surface area contributed by atoms with E-state index in [0.717, 1.165) is 31.4 Å². The minimum absolute atomic E-state index is 0.0473. The van der Waals surface area contributed by atoms with Crippen molar-refractivity contribution in [1.82, 2.24) is 10.6 Å². The van der Waals surface area contributed by atoms with Crippen molar-refractivity contribution < 1.29 is 20.4 Å². The molecule has 2 aromatic rings. The van der Waals surface area contributed by atoms with Crippen molar-refractivity contribution in [2.24, 2.45) is 5.92 Å². The minimum Gasteiger partial charge on any atom is -0.508 e. The van der Waals surface area contributed by atoms with E-state index < -0.39 is 12.2 Å². The summed E-state index contributed by atoms with van der Waals surface area (Å²) in [5, 5.41) is 46.4. The van der Waals surface area contributed by atoms with Gasteiger partial charge >= 0.3 is 0 Å². The lowest BCUT2D eigenvalue weighted by atomic mass is 9.84. The van der Waals surface area contributed by atoms with E-state index in [1.807, 2.05) is 30.3 Å². The van der Waals surface area contributed by atoms with Crippen molar-refractivity contribution in [3.8, 4) is 5.75 Å². The maximum atomic E-state index is 10.3. The zero-order valence-electron chi connectivity index (χ0n) is 18.1. The highest BCUT2D eigenvalue weighted by molar-refractivity contribution is 5.36. The van der Waals surface area contributed by atoms with E-state index in [0.29, 0.717) is 36.2 Å². The molecule has 2 atom stereocenters. The second-order valence-electron chi connectivity index (χ2n) is 8.61. The van der Waals surface area contributed by atoms with Crippen LogP contribution in [0.25, 0.3) is 0 Å². The van der Waals surface area contributed by atoms with Crippen LogP contribution < -0.4 is 10.6 Å². The third-order valence-corrected chi connectivity index (χ3v) is 6.36. The van der Waals surface area contributed by atoms with Gasteiger partial charge in [0.05, 0.1) is 18.8 Å². The van der Waals surface area contributed by atoms with Crippen LogP contribution in [0.2, 0.25) is 0 Å². The lowest BCUT2D eigenvalue weighted by Gasteiger charge is -2.30. The van der Waals surface area contributed by atoms with Crippen LogP contribution in [-0.2, 0) is 6.61 Å². The van der Waals surface area contributed by atoms with Gasteiger partial charge in [0.1, 0.15) is 5.75 Å². The van der Waals surface area contributed by atoms with Gasteiger partial charge in [0.15, 0.2) is 0 Å². The minimum atomic E-state index is -0.665. The van der Waals surface area contributed by atoms with Crippen LogP contribution in [0.15, 0.2) is 48.5 Å². The Morgan fingerprint density at radius 3 is 2.29 bits per heavy atom. The summed E-state index contributed by atoms with van der Waals surface area (Å²) in [6.45, 7) is 1.65. The summed E-state index contributed by atoms with van der Waals surface area (Å²) < 4.78 is 0. The normalized spacial score (nSPS) is 21.0. The molecule has 170 valence electrons. The second-order valence-corrected chi connectivity index (χ2v) is 8.61. The van der Waals surface area contributed by atoms with Crippen LogP contribution in [0.5, 0.6) is 5.75 Å². The molecule has 0 heterocycles. The number of rotatable bonds is 11. The van der Waals surface area contributed by atoms with E-state index in [4.69, 9.17) is 0 Å². The van der Waals surface area contributed by atoms with Crippen molar-refractivity contribution in [1.29, 1.82) is 0 Å². The standard InChI is InChI=1S/C25H36N2O4/c28-17-21-14-20(8-11-23(21)29)24(30)15-26-13-12-18-6-9-22(10-7-18)27-16-25(31)19-4-2-1-3-5-19/h1-5,8,11,14,18,22,24-31H,6-7,9-10,12-13,15-17H2. The van der Waals surface area contributed by atoms with Gasteiger partial charge in [0, 0.05) is 24.7 Å². The molecule has 6 N–H and O–H groups in total. The molecule has 1 aliphatic carbocycles. The highest BCUT2D eigenvalue weighted by Gasteiger charge is 2.21. The van der Waals surface area contributed by atoms with E-state index in [9.17, 15) is 20.4 Å². The van der Waals surface area contributed by atoms with Gasteiger partial charge < -0.3 is 31.1 Å². The first kappa shape index (κ1) is 23.7. The SMILES string of the molecule is OCc1cc(C(O)CNCCC2CCC(NCC(O)c3ccccc3)CC2)ccc1O. The summed E-state index contributed by atoms with van der Waals surface area (Å²) in [7, 11) is 0. The Balaban J connectivity index is 1.29. The molecule has 2 unspecified atom stereocenters. The monoisotopic (exact) mass is 428 g/mol. The van der Waals surface area contributed by atoms with Crippen molar-refractivity contribution in [2.75, 3.05) is 19.6 Å². The molecule has 2 aromatic carbocycles. The number of nitrogens with one attached hydrogen (secondary N) is 2. The molecule has 0 saturated heterocycles. The number of aromatic hydroxyl groups is 1. The molecule has 1 aliphatic rings. The molecule has 3 rings (SSSR count). The Hall–Kier alpha value is -1.96. The summed E-state index contributed by atoms with van der Waals surface area (Å²) >= 11 is 0.